The Kier molecular flexibility index (Phi) is 8.17. The van der Waals surface area contributed by atoms with Gasteiger partial charge >= 0.3 is 5.97 Å². The molecule has 3 heterocycles. The largest absolute Gasteiger partial charge is 0.466 e. The lowest BCUT2D eigenvalue weighted by atomic mass is 9.71. The average Bonchev–Trinajstić information content (AvgIpc) is 3.39. The zero-order valence-corrected chi connectivity index (χ0v) is 22.2. The second-order valence-corrected chi connectivity index (χ2v) is 12.2. The normalized spacial score (nSPS) is 31.6. The molecule has 1 aromatic rings. The first-order valence-electron chi connectivity index (χ1n) is 11.8. The molecule has 0 radical (unpaired) electrons. The van der Waals surface area contributed by atoms with Gasteiger partial charge < -0.3 is 20.1 Å². The summed E-state index contributed by atoms with van der Waals surface area (Å²) in [5, 5.41) is 12.5. The molecule has 3 fully saturated rings. The molecule has 10 heteroatoms. The number of halogens is 2. The number of aliphatic hydroxyl groups is 1. The number of amides is 2. The van der Waals surface area contributed by atoms with Crippen LogP contribution in [0.25, 0.3) is 0 Å². The Bertz CT molecular complexity index is 934. The number of likely N-dealkylation sites (tertiary alicyclic amines) is 1. The highest BCUT2D eigenvalue weighted by Gasteiger charge is 2.75. The van der Waals surface area contributed by atoms with Crippen molar-refractivity contribution < 1.29 is 24.2 Å². The maximum Gasteiger partial charge on any atom is 0.310 e. The molecule has 3 unspecified atom stereocenters. The molecule has 2 bridgehead atoms. The molecule has 6 atom stereocenters. The van der Waals surface area contributed by atoms with Crippen LogP contribution in [0.3, 0.4) is 0 Å². The quantitative estimate of drug-likeness (QED) is 0.251. The lowest BCUT2D eigenvalue weighted by Gasteiger charge is -2.35. The summed E-state index contributed by atoms with van der Waals surface area (Å²) >= 11 is 11.3. The Hall–Kier alpha value is -1.29. The maximum absolute atomic E-state index is 13.8. The number of unbranched alkanes of at least 4 members (excludes halogenated alkanes) is 3. The number of thioether (sulfide) groups is 1. The Labute approximate surface area is 217 Å². The summed E-state index contributed by atoms with van der Waals surface area (Å²) in [5.41, 5.74) is 0.611. The second kappa shape index (κ2) is 10.8. The Morgan fingerprint density at radius 1 is 1.26 bits per heavy atom. The summed E-state index contributed by atoms with van der Waals surface area (Å²) in [6.45, 7) is 2.60. The van der Waals surface area contributed by atoms with Gasteiger partial charge in [-0.3, -0.25) is 14.4 Å². The van der Waals surface area contributed by atoms with Gasteiger partial charge in [0.25, 0.3) is 0 Å². The predicted octanol–water partition coefficient (Wildman–Crippen LogP) is 3.86. The van der Waals surface area contributed by atoms with E-state index in [9.17, 15) is 14.4 Å². The fraction of sp³-hybridized carbons (Fsp3) is 0.625. The van der Waals surface area contributed by atoms with Gasteiger partial charge in [0.1, 0.15) is 6.04 Å². The first-order valence-corrected chi connectivity index (χ1v) is 14.0. The number of anilines is 1. The molecule has 34 heavy (non-hydrogen) atoms. The number of carbonyl (C=O) groups is 3. The monoisotopic (exact) mass is 572 g/mol. The first-order chi connectivity index (χ1) is 16.3. The zero-order chi connectivity index (χ0) is 24.5. The van der Waals surface area contributed by atoms with Crippen LogP contribution in [0.15, 0.2) is 24.3 Å². The molecular formula is C24H30BrClN2O5S. The van der Waals surface area contributed by atoms with E-state index in [2.05, 4.69) is 21.2 Å². The maximum atomic E-state index is 13.8. The van der Waals surface area contributed by atoms with Crippen molar-refractivity contribution in [3.8, 4) is 0 Å². The Morgan fingerprint density at radius 3 is 2.65 bits per heavy atom. The van der Waals surface area contributed by atoms with Crippen molar-refractivity contribution in [3.63, 3.8) is 0 Å². The number of hydrogen-bond acceptors (Lipinski definition) is 6. The summed E-state index contributed by atoms with van der Waals surface area (Å²) in [6.07, 6.45) is 3.80. The van der Waals surface area contributed by atoms with Crippen LogP contribution in [0.2, 0.25) is 5.02 Å². The number of carbonyl (C=O) groups excluding carboxylic acids is 3. The summed E-state index contributed by atoms with van der Waals surface area (Å²) in [7, 11) is 0. The van der Waals surface area contributed by atoms with E-state index in [0.717, 1.165) is 19.3 Å². The minimum Gasteiger partial charge on any atom is -0.466 e. The third-order valence-electron chi connectivity index (χ3n) is 7.02. The minimum absolute atomic E-state index is 0.0197. The van der Waals surface area contributed by atoms with E-state index in [-0.39, 0.29) is 41.1 Å². The number of fused-ring (bicyclic) bond motifs is 1. The molecule has 3 aliphatic heterocycles. The number of nitrogens with one attached hydrogen (secondary N) is 1. The smallest absolute Gasteiger partial charge is 0.310 e. The molecule has 0 aliphatic carbocycles. The van der Waals surface area contributed by atoms with Crippen molar-refractivity contribution in [2.24, 2.45) is 11.8 Å². The van der Waals surface area contributed by atoms with Crippen molar-refractivity contribution in [1.29, 1.82) is 0 Å². The molecular weight excluding hydrogens is 544 g/mol. The van der Waals surface area contributed by atoms with Crippen molar-refractivity contribution in [1.82, 2.24) is 4.90 Å². The molecule has 1 spiro atoms. The molecule has 3 aliphatic rings. The molecule has 7 nitrogen and oxygen atoms in total. The van der Waals surface area contributed by atoms with Crippen LogP contribution in [0, 0.1) is 11.8 Å². The number of ether oxygens (including phenoxy) is 1. The number of esters is 1. The van der Waals surface area contributed by atoms with Gasteiger partial charge in [0, 0.05) is 33.9 Å². The van der Waals surface area contributed by atoms with E-state index < -0.39 is 22.6 Å². The van der Waals surface area contributed by atoms with Gasteiger partial charge in [-0.2, -0.15) is 0 Å². The van der Waals surface area contributed by atoms with Gasteiger partial charge in [-0.1, -0.05) is 40.4 Å². The topological polar surface area (TPSA) is 95.9 Å². The van der Waals surface area contributed by atoms with Gasteiger partial charge in [0.2, 0.25) is 11.8 Å². The van der Waals surface area contributed by atoms with Gasteiger partial charge in [-0.15, -0.1) is 11.8 Å². The first kappa shape index (κ1) is 25.8. The molecule has 3 saturated heterocycles. The Balaban J connectivity index is 1.63. The van der Waals surface area contributed by atoms with Gasteiger partial charge in [-0.05, 0) is 50.5 Å². The summed E-state index contributed by atoms with van der Waals surface area (Å²) in [5.74, 6) is -1.88. The number of hydrogen-bond donors (Lipinski definition) is 2. The van der Waals surface area contributed by atoms with Gasteiger partial charge in [0.15, 0.2) is 0 Å². The lowest BCUT2D eigenvalue weighted by Crippen LogP contribution is -2.52. The minimum atomic E-state index is -0.687. The fourth-order valence-electron chi connectivity index (χ4n) is 5.67. The van der Waals surface area contributed by atoms with Crippen molar-refractivity contribution in [2.45, 2.75) is 59.9 Å². The number of nitrogens with zero attached hydrogens (tertiary/aromatic N) is 1. The highest BCUT2D eigenvalue weighted by atomic mass is 79.9. The van der Waals surface area contributed by atoms with Crippen LogP contribution in [0.4, 0.5) is 5.69 Å². The molecule has 1 aromatic carbocycles. The van der Waals surface area contributed by atoms with E-state index in [1.54, 1.807) is 47.9 Å². The third-order valence-corrected chi connectivity index (χ3v) is 10.5. The van der Waals surface area contributed by atoms with E-state index >= 15 is 0 Å². The fourth-order valence-corrected chi connectivity index (χ4v) is 9.40. The van der Waals surface area contributed by atoms with Crippen LogP contribution in [0.5, 0.6) is 0 Å². The lowest BCUT2D eigenvalue weighted by molar-refractivity contribution is -0.153. The molecule has 0 saturated carbocycles. The van der Waals surface area contributed by atoms with Crippen LogP contribution in [-0.2, 0) is 19.1 Å². The van der Waals surface area contributed by atoms with Crippen molar-refractivity contribution in [3.05, 3.63) is 29.3 Å². The number of benzene rings is 1. The Morgan fingerprint density at radius 2 is 1.97 bits per heavy atom. The number of alkyl halides is 1. The van der Waals surface area contributed by atoms with Crippen molar-refractivity contribution >= 4 is 62.8 Å². The van der Waals surface area contributed by atoms with Gasteiger partial charge in [-0.25, -0.2) is 0 Å². The molecule has 4 rings (SSSR count). The summed E-state index contributed by atoms with van der Waals surface area (Å²) in [4.78, 5) is 42.1. The summed E-state index contributed by atoms with van der Waals surface area (Å²) < 4.78 is 4.68. The highest BCUT2D eigenvalue weighted by Crippen LogP contribution is 2.67. The molecule has 186 valence electrons. The zero-order valence-electron chi connectivity index (χ0n) is 19.0. The molecule has 2 amide bonds. The SMILES string of the molecule is CCOC(=O)[C@H]1[C@H]2C(=O)N(CCCCCCO)C(C(=O)Nc3ccc(Cl)cc3)C23CC(Br)[C@@H]1S3. The van der Waals surface area contributed by atoms with Crippen LogP contribution < -0.4 is 5.32 Å². The van der Waals surface area contributed by atoms with Crippen LogP contribution in [-0.4, -0.2) is 68.4 Å². The van der Waals surface area contributed by atoms with Crippen LogP contribution >= 0.6 is 39.3 Å². The van der Waals surface area contributed by atoms with E-state index in [4.69, 9.17) is 21.4 Å². The third kappa shape index (κ3) is 4.61. The standard InChI is InChI=1S/C24H30BrClN2O5S/c1-2-33-23(32)17-18-22(31)28(11-5-3-4-6-12-29)20(24(18)13-16(25)19(17)34-24)21(30)27-15-9-7-14(26)8-10-15/h7-10,16-20,29H,2-6,11-13H2,1H3,(H,27,30)/t16?,17-,18-,19-,20?,24?/m0/s1. The summed E-state index contributed by atoms with van der Waals surface area (Å²) in [6, 6.07) is 6.20. The van der Waals surface area contributed by atoms with Crippen LogP contribution in [0.1, 0.15) is 39.0 Å². The van der Waals surface area contributed by atoms with E-state index in [0.29, 0.717) is 30.1 Å². The molecule has 2 N–H and O–H groups in total. The number of rotatable bonds is 10. The van der Waals surface area contributed by atoms with E-state index in [1.807, 2.05) is 0 Å². The average molecular weight is 574 g/mol. The van der Waals surface area contributed by atoms with Crippen molar-refractivity contribution in [2.75, 3.05) is 25.1 Å². The van der Waals surface area contributed by atoms with Gasteiger partial charge in [0.05, 0.1) is 23.2 Å². The number of aliphatic hydroxyl groups excluding tert-OH is 1. The van der Waals surface area contributed by atoms with E-state index in [1.165, 1.54) is 0 Å². The second-order valence-electron chi connectivity index (χ2n) is 9.08. The predicted molar refractivity (Wildman–Crippen MR) is 136 cm³/mol. The molecule has 0 aromatic heterocycles. The highest BCUT2D eigenvalue weighted by molar-refractivity contribution is 9.09.